The second-order valence-electron chi connectivity index (χ2n) is 3.99. The fourth-order valence-corrected chi connectivity index (χ4v) is 1.78. The minimum atomic E-state index is 0.161. The van der Waals surface area contributed by atoms with Gasteiger partial charge in [0.25, 0.3) is 0 Å². The van der Waals surface area contributed by atoms with Crippen LogP contribution in [0.15, 0.2) is 0 Å². The zero-order valence-electron chi connectivity index (χ0n) is 9.79. The van der Waals surface area contributed by atoms with E-state index in [-0.39, 0.29) is 12.0 Å². The Bertz CT molecular complexity index is 195. The lowest BCUT2D eigenvalue weighted by Gasteiger charge is -2.33. The molecular formula is C11H22N2O2. The Kier molecular flexibility index (Phi) is 5.65. The van der Waals surface area contributed by atoms with Crippen LogP contribution in [0.2, 0.25) is 0 Å². The summed E-state index contributed by atoms with van der Waals surface area (Å²) in [6, 6.07) is 0. The molecule has 1 heterocycles. The molecule has 4 heteroatoms. The lowest BCUT2D eigenvalue weighted by molar-refractivity contribution is -0.138. The molecule has 1 fully saturated rings. The van der Waals surface area contributed by atoms with Crippen LogP contribution in [0.5, 0.6) is 0 Å². The summed E-state index contributed by atoms with van der Waals surface area (Å²) in [6.07, 6.45) is 2.92. The van der Waals surface area contributed by atoms with Crippen molar-refractivity contribution >= 4 is 5.91 Å². The van der Waals surface area contributed by atoms with Gasteiger partial charge >= 0.3 is 0 Å². The molecule has 1 aliphatic rings. The van der Waals surface area contributed by atoms with Gasteiger partial charge in [0.2, 0.25) is 5.91 Å². The highest BCUT2D eigenvalue weighted by Gasteiger charge is 2.22. The third-order valence-electron chi connectivity index (χ3n) is 2.67. The topological polar surface area (TPSA) is 41.6 Å². The van der Waals surface area contributed by atoms with Crippen molar-refractivity contribution < 1.29 is 9.53 Å². The first-order valence-electron chi connectivity index (χ1n) is 5.82. The highest BCUT2D eigenvalue weighted by Crippen LogP contribution is 2.08. The second kappa shape index (κ2) is 6.80. The number of carbonyl (C=O) groups is 1. The number of hydrogen-bond acceptors (Lipinski definition) is 3. The summed E-state index contributed by atoms with van der Waals surface area (Å²) < 4.78 is 5.55. The molecule has 0 spiro atoms. The Morgan fingerprint density at radius 3 is 3.07 bits per heavy atom. The highest BCUT2D eigenvalue weighted by atomic mass is 16.5. The average Bonchev–Trinajstić information content (AvgIpc) is 2.27. The molecule has 88 valence electrons. The molecule has 0 saturated carbocycles. The first-order valence-corrected chi connectivity index (χ1v) is 5.82. The van der Waals surface area contributed by atoms with Gasteiger partial charge in [0, 0.05) is 26.1 Å². The number of rotatable bonds is 5. The van der Waals surface area contributed by atoms with Crippen molar-refractivity contribution in [2.24, 2.45) is 0 Å². The number of likely N-dealkylation sites (N-methyl/N-ethyl adjacent to an activating group) is 1. The van der Waals surface area contributed by atoms with Crippen LogP contribution in [0.3, 0.4) is 0 Å². The molecule has 1 N–H and O–H groups in total. The molecule has 1 unspecified atom stereocenters. The number of ether oxygens (including phenoxy) is 1. The summed E-state index contributed by atoms with van der Waals surface area (Å²) in [5, 5.41) is 3.08. The van der Waals surface area contributed by atoms with Crippen molar-refractivity contribution in [2.45, 2.75) is 32.3 Å². The number of amides is 1. The lowest BCUT2D eigenvalue weighted by atomic mass is 10.2. The highest BCUT2D eigenvalue weighted by molar-refractivity contribution is 5.76. The molecule has 1 saturated heterocycles. The molecule has 1 atom stereocenters. The molecule has 1 aliphatic heterocycles. The summed E-state index contributed by atoms with van der Waals surface area (Å²) in [5.41, 5.74) is 0. The van der Waals surface area contributed by atoms with Crippen molar-refractivity contribution in [2.75, 3.05) is 33.3 Å². The van der Waals surface area contributed by atoms with E-state index in [1.54, 1.807) is 0 Å². The predicted molar refractivity (Wildman–Crippen MR) is 59.8 cm³/mol. The SMILES string of the molecule is CCCCC(=O)N1CCOC(CNC)C1. The number of unbranched alkanes of at least 4 members (excludes halogenated alkanes) is 1. The van der Waals surface area contributed by atoms with Crippen molar-refractivity contribution in [1.82, 2.24) is 10.2 Å². The number of morpholine rings is 1. The van der Waals surface area contributed by atoms with Gasteiger partial charge in [-0.25, -0.2) is 0 Å². The third kappa shape index (κ3) is 4.18. The zero-order valence-corrected chi connectivity index (χ0v) is 9.79. The van der Waals surface area contributed by atoms with Gasteiger partial charge in [-0.2, -0.15) is 0 Å². The van der Waals surface area contributed by atoms with Gasteiger partial charge in [-0.3, -0.25) is 4.79 Å². The van der Waals surface area contributed by atoms with Crippen LogP contribution in [-0.2, 0) is 9.53 Å². The minimum Gasteiger partial charge on any atom is -0.373 e. The first-order chi connectivity index (χ1) is 7.27. The van der Waals surface area contributed by atoms with Gasteiger partial charge in [-0.1, -0.05) is 13.3 Å². The first kappa shape index (κ1) is 12.5. The van der Waals surface area contributed by atoms with E-state index in [0.29, 0.717) is 13.0 Å². The normalized spacial score (nSPS) is 21.7. The Hall–Kier alpha value is -0.610. The van der Waals surface area contributed by atoms with Crippen LogP contribution in [0.4, 0.5) is 0 Å². The van der Waals surface area contributed by atoms with E-state index in [1.807, 2.05) is 11.9 Å². The maximum Gasteiger partial charge on any atom is 0.222 e. The quantitative estimate of drug-likeness (QED) is 0.729. The van der Waals surface area contributed by atoms with Crippen LogP contribution in [0.1, 0.15) is 26.2 Å². The molecular weight excluding hydrogens is 192 g/mol. The Morgan fingerprint density at radius 1 is 1.60 bits per heavy atom. The molecule has 0 aromatic carbocycles. The summed E-state index contributed by atoms with van der Waals surface area (Å²) in [7, 11) is 1.90. The zero-order chi connectivity index (χ0) is 11.1. The van der Waals surface area contributed by atoms with Gasteiger partial charge < -0.3 is 15.0 Å². The van der Waals surface area contributed by atoms with Crippen molar-refractivity contribution in [3.8, 4) is 0 Å². The maximum absolute atomic E-state index is 11.8. The Balaban J connectivity index is 2.31. The van der Waals surface area contributed by atoms with E-state index in [0.717, 1.165) is 32.5 Å². The van der Waals surface area contributed by atoms with Gasteiger partial charge in [-0.05, 0) is 13.5 Å². The van der Waals surface area contributed by atoms with Crippen LogP contribution < -0.4 is 5.32 Å². The predicted octanol–water partition coefficient (Wildman–Crippen LogP) is 0.623. The standard InChI is InChI=1S/C11H22N2O2/c1-3-4-5-11(14)13-6-7-15-10(9-13)8-12-2/h10,12H,3-9H2,1-2H3. The molecule has 0 aromatic rings. The molecule has 15 heavy (non-hydrogen) atoms. The fraction of sp³-hybridized carbons (Fsp3) is 0.909. The van der Waals surface area contributed by atoms with Gasteiger partial charge in [0.15, 0.2) is 0 Å². The number of hydrogen-bond donors (Lipinski definition) is 1. The summed E-state index contributed by atoms with van der Waals surface area (Å²) in [6.45, 7) is 5.09. The molecule has 1 amide bonds. The van der Waals surface area contributed by atoms with Crippen molar-refractivity contribution in [3.05, 3.63) is 0 Å². The molecule has 0 bridgehead atoms. The molecule has 0 aromatic heterocycles. The van der Waals surface area contributed by atoms with Crippen LogP contribution in [-0.4, -0.2) is 50.2 Å². The second-order valence-corrected chi connectivity index (χ2v) is 3.99. The third-order valence-corrected chi connectivity index (χ3v) is 2.67. The number of carbonyl (C=O) groups excluding carboxylic acids is 1. The summed E-state index contributed by atoms with van der Waals surface area (Å²) in [4.78, 5) is 13.7. The van der Waals surface area contributed by atoms with Gasteiger partial charge in [0.1, 0.15) is 0 Å². The summed E-state index contributed by atoms with van der Waals surface area (Å²) >= 11 is 0. The fourth-order valence-electron chi connectivity index (χ4n) is 1.78. The molecule has 1 rings (SSSR count). The number of nitrogens with one attached hydrogen (secondary N) is 1. The van der Waals surface area contributed by atoms with Gasteiger partial charge in [-0.15, -0.1) is 0 Å². The minimum absolute atomic E-state index is 0.161. The van der Waals surface area contributed by atoms with Crippen LogP contribution >= 0.6 is 0 Å². The van der Waals surface area contributed by atoms with E-state index in [9.17, 15) is 4.79 Å². The lowest BCUT2D eigenvalue weighted by Crippen LogP contribution is -2.48. The van der Waals surface area contributed by atoms with E-state index in [4.69, 9.17) is 4.74 Å². The van der Waals surface area contributed by atoms with Crippen molar-refractivity contribution in [1.29, 1.82) is 0 Å². The summed E-state index contributed by atoms with van der Waals surface area (Å²) in [5.74, 6) is 0.279. The van der Waals surface area contributed by atoms with Gasteiger partial charge in [0.05, 0.1) is 12.7 Å². The Morgan fingerprint density at radius 2 is 2.40 bits per heavy atom. The number of nitrogens with zero attached hydrogens (tertiary/aromatic N) is 1. The van der Waals surface area contributed by atoms with Crippen molar-refractivity contribution in [3.63, 3.8) is 0 Å². The smallest absolute Gasteiger partial charge is 0.222 e. The molecule has 0 aliphatic carbocycles. The molecule has 0 radical (unpaired) electrons. The molecule has 4 nitrogen and oxygen atoms in total. The maximum atomic E-state index is 11.8. The van der Waals surface area contributed by atoms with E-state index < -0.39 is 0 Å². The van der Waals surface area contributed by atoms with Crippen LogP contribution in [0, 0.1) is 0 Å². The monoisotopic (exact) mass is 214 g/mol. The van der Waals surface area contributed by atoms with E-state index >= 15 is 0 Å². The van der Waals surface area contributed by atoms with E-state index in [1.165, 1.54) is 0 Å². The average molecular weight is 214 g/mol. The van der Waals surface area contributed by atoms with E-state index in [2.05, 4.69) is 12.2 Å². The largest absolute Gasteiger partial charge is 0.373 e. The Labute approximate surface area is 92.0 Å². The van der Waals surface area contributed by atoms with Crippen LogP contribution in [0.25, 0.3) is 0 Å².